The highest BCUT2D eigenvalue weighted by Gasteiger charge is 2.46. The zero-order chi connectivity index (χ0) is 38.1. The van der Waals surface area contributed by atoms with Crippen molar-refractivity contribution in [2.24, 2.45) is 0 Å². The van der Waals surface area contributed by atoms with Gasteiger partial charge in [-0.15, -0.1) is 0 Å². The fourth-order valence-electron chi connectivity index (χ4n) is 10.0. The van der Waals surface area contributed by atoms with Crippen molar-refractivity contribution in [3.8, 4) is 33.4 Å². The van der Waals surface area contributed by atoms with Crippen molar-refractivity contribution in [1.82, 2.24) is 0 Å². The van der Waals surface area contributed by atoms with Gasteiger partial charge in [0.2, 0.25) is 0 Å². The molecule has 1 heteroatoms. The maximum Gasteiger partial charge on any atom is 0.0714 e. The number of hydrogen-bond acceptors (Lipinski definition) is 1. The molecule has 0 aliphatic heterocycles. The summed E-state index contributed by atoms with van der Waals surface area (Å²) in [5, 5.41) is 2.57. The molecular formula is C56H41N. The molecule has 0 aromatic heterocycles. The molecule has 2 aliphatic rings. The first-order valence-electron chi connectivity index (χ1n) is 20.0. The van der Waals surface area contributed by atoms with Crippen LogP contribution in [0.15, 0.2) is 212 Å². The predicted molar refractivity (Wildman–Crippen MR) is 239 cm³/mol. The van der Waals surface area contributed by atoms with Crippen molar-refractivity contribution in [2.45, 2.75) is 24.7 Å². The number of nitrogens with zero attached hydrogens (tertiary/aromatic N) is 1. The average molecular weight is 728 g/mol. The summed E-state index contributed by atoms with van der Waals surface area (Å²) in [6.07, 6.45) is 0. The Balaban J connectivity index is 1.14. The summed E-state index contributed by atoms with van der Waals surface area (Å²) in [5.74, 6) is 0. The van der Waals surface area contributed by atoms with Crippen LogP contribution in [0.1, 0.15) is 47.2 Å². The number of rotatable bonds is 6. The highest BCUT2D eigenvalue weighted by Crippen LogP contribution is 2.58. The van der Waals surface area contributed by atoms with E-state index < -0.39 is 5.41 Å². The summed E-state index contributed by atoms with van der Waals surface area (Å²) in [6.45, 7) is 4.77. The van der Waals surface area contributed by atoms with Crippen LogP contribution in [-0.4, -0.2) is 0 Å². The summed E-state index contributed by atoms with van der Waals surface area (Å²) >= 11 is 0. The van der Waals surface area contributed by atoms with Gasteiger partial charge in [0.25, 0.3) is 0 Å². The average Bonchev–Trinajstić information content (AvgIpc) is 3.69. The third kappa shape index (κ3) is 5.02. The monoisotopic (exact) mass is 727 g/mol. The molecule has 0 saturated heterocycles. The second kappa shape index (κ2) is 12.8. The number of anilines is 3. The smallest absolute Gasteiger partial charge is 0.0714 e. The zero-order valence-corrected chi connectivity index (χ0v) is 32.2. The van der Waals surface area contributed by atoms with E-state index in [2.05, 4.69) is 231 Å². The first-order valence-corrected chi connectivity index (χ1v) is 20.0. The zero-order valence-electron chi connectivity index (χ0n) is 32.2. The minimum atomic E-state index is -0.489. The maximum absolute atomic E-state index is 2.47. The Bertz CT molecular complexity index is 2920. The van der Waals surface area contributed by atoms with Gasteiger partial charge in [-0.05, 0) is 126 Å². The number of fused-ring (bicyclic) bond motifs is 7. The molecule has 57 heavy (non-hydrogen) atoms. The molecule has 270 valence electrons. The molecule has 0 spiro atoms. The molecule has 0 heterocycles. The second-order valence-electron chi connectivity index (χ2n) is 16.1. The molecule has 0 atom stereocenters. The van der Waals surface area contributed by atoms with E-state index in [4.69, 9.17) is 0 Å². The molecule has 11 rings (SSSR count). The molecule has 0 amide bonds. The van der Waals surface area contributed by atoms with Crippen molar-refractivity contribution >= 4 is 27.8 Å². The minimum Gasteiger partial charge on any atom is -0.310 e. The molecule has 0 fully saturated rings. The lowest BCUT2D eigenvalue weighted by atomic mass is 9.67. The molecule has 0 saturated carbocycles. The Morgan fingerprint density at radius 2 is 0.772 bits per heavy atom. The SMILES string of the molecule is CC1(C)c2cc(N(c3ccc(-c4ccccc4)cc3)c3ccc4c(c3)C(c3ccccc3)(c3ccccc3)c3ccccc3-4)ccc2-c2cc3ccccc3cc21. The first kappa shape index (κ1) is 33.4. The quantitative estimate of drug-likeness (QED) is 0.165. The van der Waals surface area contributed by atoms with Crippen molar-refractivity contribution in [3.05, 3.63) is 246 Å². The van der Waals surface area contributed by atoms with E-state index in [0.717, 1.165) is 17.1 Å². The molecule has 0 bridgehead atoms. The summed E-state index contributed by atoms with van der Waals surface area (Å²) < 4.78 is 0. The van der Waals surface area contributed by atoms with Crippen molar-refractivity contribution in [1.29, 1.82) is 0 Å². The molecule has 0 unspecified atom stereocenters. The molecule has 0 N–H and O–H groups in total. The molecule has 1 nitrogen and oxygen atoms in total. The van der Waals surface area contributed by atoms with Gasteiger partial charge in [-0.1, -0.05) is 178 Å². The number of benzene rings is 9. The van der Waals surface area contributed by atoms with Crippen LogP contribution in [0.3, 0.4) is 0 Å². The van der Waals surface area contributed by atoms with Gasteiger partial charge in [-0.25, -0.2) is 0 Å². The van der Waals surface area contributed by atoms with E-state index in [1.54, 1.807) is 0 Å². The van der Waals surface area contributed by atoms with Crippen LogP contribution in [0.5, 0.6) is 0 Å². The van der Waals surface area contributed by atoms with E-state index >= 15 is 0 Å². The third-order valence-electron chi connectivity index (χ3n) is 12.7. The normalized spacial score (nSPS) is 14.1. The van der Waals surface area contributed by atoms with Gasteiger partial charge < -0.3 is 4.90 Å². The molecular weight excluding hydrogens is 687 g/mol. The Kier molecular flexibility index (Phi) is 7.50. The second-order valence-corrected chi connectivity index (χ2v) is 16.1. The van der Waals surface area contributed by atoms with E-state index in [1.165, 1.54) is 77.5 Å². The van der Waals surface area contributed by atoms with E-state index in [0.29, 0.717) is 0 Å². The van der Waals surface area contributed by atoms with Crippen LogP contribution >= 0.6 is 0 Å². The lowest BCUT2D eigenvalue weighted by molar-refractivity contribution is 0.661. The first-order chi connectivity index (χ1) is 28.0. The highest BCUT2D eigenvalue weighted by atomic mass is 15.1. The van der Waals surface area contributed by atoms with E-state index in [-0.39, 0.29) is 5.41 Å². The highest BCUT2D eigenvalue weighted by molar-refractivity contribution is 5.95. The van der Waals surface area contributed by atoms with Crippen LogP contribution < -0.4 is 4.90 Å². The fraction of sp³-hybridized carbons (Fsp3) is 0.0714. The Morgan fingerprint density at radius 3 is 1.42 bits per heavy atom. The summed E-state index contributed by atoms with van der Waals surface area (Å²) in [7, 11) is 0. The third-order valence-corrected chi connectivity index (χ3v) is 12.7. The Hall–Kier alpha value is -6.96. The Labute approximate surface area is 335 Å². The van der Waals surface area contributed by atoms with Gasteiger partial charge in [-0.3, -0.25) is 0 Å². The van der Waals surface area contributed by atoms with Crippen molar-refractivity contribution < 1.29 is 0 Å². The van der Waals surface area contributed by atoms with Crippen LogP contribution in [0.4, 0.5) is 17.1 Å². The van der Waals surface area contributed by atoms with Gasteiger partial charge in [0.1, 0.15) is 0 Å². The van der Waals surface area contributed by atoms with E-state index in [9.17, 15) is 0 Å². The summed E-state index contributed by atoms with van der Waals surface area (Å²) in [5.41, 5.74) is 18.3. The molecule has 2 aliphatic carbocycles. The maximum atomic E-state index is 2.47. The van der Waals surface area contributed by atoms with Crippen LogP contribution in [0.2, 0.25) is 0 Å². The van der Waals surface area contributed by atoms with Gasteiger partial charge in [0, 0.05) is 22.5 Å². The lowest BCUT2D eigenvalue weighted by Gasteiger charge is -2.35. The molecule has 0 radical (unpaired) electrons. The molecule has 9 aromatic rings. The standard InChI is InChI=1S/C56H41N/c1-55(2)52-35-41-19-13-12-18-40(41)34-50(52)49-33-31-45(36-53(49)55)57(44-28-26-39(27-29-44)38-16-6-3-7-17-38)46-30-32-48-47-24-14-15-25-51(47)56(54(48)37-46,42-20-8-4-9-21-42)43-22-10-5-11-23-43/h3-37H,1-2H3. The predicted octanol–water partition coefficient (Wildman–Crippen LogP) is 14.6. The summed E-state index contributed by atoms with van der Waals surface area (Å²) in [4.78, 5) is 2.47. The summed E-state index contributed by atoms with van der Waals surface area (Å²) in [6, 6.07) is 78.8. The van der Waals surface area contributed by atoms with Crippen LogP contribution in [0, 0.1) is 0 Å². The van der Waals surface area contributed by atoms with Gasteiger partial charge in [-0.2, -0.15) is 0 Å². The minimum absolute atomic E-state index is 0.164. The lowest BCUT2D eigenvalue weighted by Crippen LogP contribution is -2.28. The Morgan fingerprint density at radius 1 is 0.316 bits per heavy atom. The van der Waals surface area contributed by atoms with Crippen molar-refractivity contribution in [3.63, 3.8) is 0 Å². The van der Waals surface area contributed by atoms with Crippen LogP contribution in [-0.2, 0) is 10.8 Å². The van der Waals surface area contributed by atoms with Crippen molar-refractivity contribution in [2.75, 3.05) is 4.90 Å². The largest absolute Gasteiger partial charge is 0.310 e. The topological polar surface area (TPSA) is 3.24 Å². The molecule has 9 aromatic carbocycles. The number of hydrogen-bond donors (Lipinski definition) is 0. The van der Waals surface area contributed by atoms with Crippen LogP contribution in [0.25, 0.3) is 44.2 Å². The fourth-order valence-corrected chi connectivity index (χ4v) is 10.0. The van der Waals surface area contributed by atoms with E-state index in [1.807, 2.05) is 0 Å². The van der Waals surface area contributed by atoms with Gasteiger partial charge in [0.15, 0.2) is 0 Å². The van der Waals surface area contributed by atoms with Gasteiger partial charge in [0.05, 0.1) is 5.41 Å². The van der Waals surface area contributed by atoms with Gasteiger partial charge >= 0.3 is 0 Å².